The van der Waals surface area contributed by atoms with E-state index >= 15 is 0 Å². The van der Waals surface area contributed by atoms with Gasteiger partial charge in [-0.15, -0.1) is 0 Å². The van der Waals surface area contributed by atoms with Gasteiger partial charge in [-0.3, -0.25) is 0 Å². The molecule has 0 amide bonds. The molecule has 0 aromatic carbocycles. The van der Waals surface area contributed by atoms with Crippen LogP contribution in [0.1, 0.15) is 44.2 Å². The van der Waals surface area contributed by atoms with E-state index < -0.39 is 0 Å². The highest BCUT2D eigenvalue weighted by atomic mass is 15.0. The van der Waals surface area contributed by atoms with Crippen molar-refractivity contribution in [2.45, 2.75) is 50.6 Å². The van der Waals surface area contributed by atoms with Gasteiger partial charge in [-0.1, -0.05) is 0 Å². The quantitative estimate of drug-likeness (QED) is 0.697. The standard InChI is InChI=1S/C17H27N3/c1-2-16(19-3-1)12-18-4-5-20-17-9-13-6-14(10-17)8-15(7-13)11-17/h1-3,13-15,18-20H,4-12H2. The van der Waals surface area contributed by atoms with Crippen LogP contribution in [0.4, 0.5) is 0 Å². The summed E-state index contributed by atoms with van der Waals surface area (Å²) in [6.45, 7) is 3.14. The molecular formula is C17H27N3. The summed E-state index contributed by atoms with van der Waals surface area (Å²) in [4.78, 5) is 3.24. The van der Waals surface area contributed by atoms with Crippen LogP contribution < -0.4 is 10.6 Å². The fourth-order valence-corrected chi connectivity index (χ4v) is 5.44. The molecule has 0 atom stereocenters. The molecule has 0 radical (unpaired) electrons. The number of H-pyrrole nitrogens is 1. The van der Waals surface area contributed by atoms with Crippen LogP contribution in [0.25, 0.3) is 0 Å². The van der Waals surface area contributed by atoms with Crippen LogP contribution in [0.3, 0.4) is 0 Å². The average molecular weight is 273 g/mol. The van der Waals surface area contributed by atoms with Crippen molar-refractivity contribution in [1.29, 1.82) is 0 Å². The summed E-state index contributed by atoms with van der Waals surface area (Å²) in [7, 11) is 0. The lowest BCUT2D eigenvalue weighted by Gasteiger charge is -2.57. The maximum Gasteiger partial charge on any atom is 0.0357 e. The fraction of sp³-hybridized carbons (Fsp3) is 0.765. The van der Waals surface area contributed by atoms with Gasteiger partial charge < -0.3 is 15.6 Å². The second-order valence-corrected chi connectivity index (χ2v) is 7.50. The van der Waals surface area contributed by atoms with Gasteiger partial charge in [0.1, 0.15) is 0 Å². The van der Waals surface area contributed by atoms with Gasteiger partial charge in [0.15, 0.2) is 0 Å². The van der Waals surface area contributed by atoms with E-state index in [9.17, 15) is 0 Å². The minimum Gasteiger partial charge on any atom is -0.364 e. The molecule has 4 aliphatic carbocycles. The molecule has 3 N–H and O–H groups in total. The molecule has 1 heterocycles. The SMILES string of the molecule is c1c[nH]c(CNCCNC23CC4CC(CC(C4)C2)C3)c1. The highest BCUT2D eigenvalue weighted by Gasteiger charge is 2.50. The Hall–Kier alpha value is -0.800. The summed E-state index contributed by atoms with van der Waals surface area (Å²) in [6.07, 6.45) is 11.0. The number of aromatic amines is 1. The van der Waals surface area contributed by atoms with E-state index in [4.69, 9.17) is 0 Å². The van der Waals surface area contributed by atoms with Crippen molar-refractivity contribution >= 4 is 0 Å². The first-order chi connectivity index (χ1) is 9.81. The highest BCUT2D eigenvalue weighted by molar-refractivity contribution is 5.06. The Morgan fingerprint density at radius 3 is 2.35 bits per heavy atom. The number of hydrogen-bond donors (Lipinski definition) is 3. The van der Waals surface area contributed by atoms with E-state index in [-0.39, 0.29) is 0 Å². The van der Waals surface area contributed by atoms with E-state index in [2.05, 4.69) is 27.8 Å². The molecule has 3 nitrogen and oxygen atoms in total. The molecule has 1 aromatic rings. The monoisotopic (exact) mass is 273 g/mol. The van der Waals surface area contributed by atoms with Crippen LogP contribution in [0, 0.1) is 17.8 Å². The molecule has 4 aliphatic rings. The van der Waals surface area contributed by atoms with E-state index in [1.807, 2.05) is 6.20 Å². The van der Waals surface area contributed by atoms with Crippen molar-refractivity contribution in [3.05, 3.63) is 24.0 Å². The predicted octanol–water partition coefficient (Wildman–Crippen LogP) is 2.66. The maximum atomic E-state index is 3.93. The van der Waals surface area contributed by atoms with Gasteiger partial charge in [-0.2, -0.15) is 0 Å². The molecule has 4 saturated carbocycles. The molecule has 0 unspecified atom stereocenters. The molecule has 3 heteroatoms. The Kier molecular flexibility index (Phi) is 3.35. The zero-order valence-corrected chi connectivity index (χ0v) is 12.3. The lowest BCUT2D eigenvalue weighted by molar-refractivity contribution is -0.0192. The molecule has 0 aliphatic heterocycles. The fourth-order valence-electron chi connectivity index (χ4n) is 5.44. The molecule has 110 valence electrons. The van der Waals surface area contributed by atoms with Crippen molar-refractivity contribution in [2.75, 3.05) is 13.1 Å². The maximum absolute atomic E-state index is 3.93. The number of nitrogens with one attached hydrogen (secondary N) is 3. The molecule has 20 heavy (non-hydrogen) atoms. The molecule has 4 bridgehead atoms. The van der Waals surface area contributed by atoms with E-state index in [0.29, 0.717) is 5.54 Å². The minimum atomic E-state index is 0.517. The van der Waals surface area contributed by atoms with Crippen molar-refractivity contribution in [3.8, 4) is 0 Å². The number of aromatic nitrogens is 1. The van der Waals surface area contributed by atoms with Crippen molar-refractivity contribution in [3.63, 3.8) is 0 Å². The van der Waals surface area contributed by atoms with Crippen LogP contribution in [0.5, 0.6) is 0 Å². The van der Waals surface area contributed by atoms with Crippen molar-refractivity contribution in [1.82, 2.24) is 15.6 Å². The Labute approximate surface area is 121 Å². The smallest absolute Gasteiger partial charge is 0.0357 e. The highest BCUT2D eigenvalue weighted by Crippen LogP contribution is 2.55. The van der Waals surface area contributed by atoms with Gasteiger partial charge in [0.2, 0.25) is 0 Å². The van der Waals surface area contributed by atoms with E-state index in [0.717, 1.165) is 37.4 Å². The molecule has 0 spiro atoms. The van der Waals surface area contributed by atoms with E-state index in [1.54, 1.807) is 0 Å². The number of hydrogen-bond acceptors (Lipinski definition) is 2. The number of rotatable bonds is 6. The van der Waals surface area contributed by atoms with Gasteiger partial charge >= 0.3 is 0 Å². The summed E-state index contributed by atoms with van der Waals surface area (Å²) in [5, 5.41) is 7.46. The van der Waals surface area contributed by atoms with Crippen molar-refractivity contribution < 1.29 is 0 Å². The topological polar surface area (TPSA) is 39.9 Å². The Balaban J connectivity index is 1.23. The molecular weight excluding hydrogens is 246 g/mol. The third-order valence-electron chi connectivity index (χ3n) is 5.82. The second kappa shape index (κ2) is 5.19. The summed E-state index contributed by atoms with van der Waals surface area (Å²) in [6, 6.07) is 4.20. The van der Waals surface area contributed by atoms with Crippen LogP contribution in [-0.2, 0) is 6.54 Å². The normalized spacial score (nSPS) is 38.5. The summed E-state index contributed by atoms with van der Waals surface area (Å²) < 4.78 is 0. The van der Waals surface area contributed by atoms with Gasteiger partial charge in [0.25, 0.3) is 0 Å². The van der Waals surface area contributed by atoms with E-state index in [1.165, 1.54) is 44.2 Å². The lowest BCUT2D eigenvalue weighted by atomic mass is 9.53. The zero-order chi connectivity index (χ0) is 13.4. The van der Waals surface area contributed by atoms with Crippen molar-refractivity contribution in [2.24, 2.45) is 17.8 Å². The third-order valence-corrected chi connectivity index (χ3v) is 5.82. The van der Waals surface area contributed by atoms with Gasteiger partial charge in [0, 0.05) is 37.1 Å². The lowest BCUT2D eigenvalue weighted by Crippen LogP contribution is -2.59. The Morgan fingerprint density at radius 2 is 1.75 bits per heavy atom. The summed E-state index contributed by atoms with van der Waals surface area (Å²) in [5.74, 6) is 3.13. The summed E-state index contributed by atoms with van der Waals surface area (Å²) >= 11 is 0. The van der Waals surface area contributed by atoms with Crippen LogP contribution in [0.15, 0.2) is 18.3 Å². The first-order valence-electron chi connectivity index (χ1n) is 8.39. The minimum absolute atomic E-state index is 0.517. The molecule has 0 saturated heterocycles. The average Bonchev–Trinajstić information content (AvgIpc) is 2.89. The largest absolute Gasteiger partial charge is 0.364 e. The zero-order valence-electron chi connectivity index (χ0n) is 12.3. The predicted molar refractivity (Wildman–Crippen MR) is 81.4 cm³/mol. The summed E-state index contributed by atoms with van der Waals surface area (Å²) in [5.41, 5.74) is 1.79. The van der Waals surface area contributed by atoms with Gasteiger partial charge in [0.05, 0.1) is 0 Å². The molecule has 5 rings (SSSR count). The third kappa shape index (κ3) is 2.53. The Bertz CT molecular complexity index is 402. The molecule has 1 aromatic heterocycles. The van der Waals surface area contributed by atoms with Gasteiger partial charge in [-0.25, -0.2) is 0 Å². The molecule has 4 fully saturated rings. The van der Waals surface area contributed by atoms with Gasteiger partial charge in [-0.05, 0) is 68.4 Å². The van der Waals surface area contributed by atoms with Crippen LogP contribution >= 0.6 is 0 Å². The first kappa shape index (κ1) is 12.9. The van der Waals surface area contributed by atoms with Crippen LogP contribution in [-0.4, -0.2) is 23.6 Å². The first-order valence-corrected chi connectivity index (χ1v) is 8.39. The van der Waals surface area contributed by atoms with Crippen LogP contribution in [0.2, 0.25) is 0 Å². The Morgan fingerprint density at radius 1 is 1.05 bits per heavy atom. The second-order valence-electron chi connectivity index (χ2n) is 7.50.